The number of pyridine rings is 1. The van der Waals surface area contributed by atoms with E-state index in [9.17, 15) is 23.2 Å². The van der Waals surface area contributed by atoms with E-state index in [1.54, 1.807) is 43.2 Å². The summed E-state index contributed by atoms with van der Waals surface area (Å²) in [5.74, 6) is -1.92. The molecule has 0 aliphatic rings. The summed E-state index contributed by atoms with van der Waals surface area (Å²) in [5, 5.41) is 6.59. The van der Waals surface area contributed by atoms with Crippen LogP contribution in [0.5, 0.6) is 11.5 Å². The molecule has 1 amide bonds. The van der Waals surface area contributed by atoms with Gasteiger partial charge in [0.05, 0.1) is 17.6 Å². The Morgan fingerprint density at radius 1 is 1.02 bits per heavy atom. The molecule has 0 atom stereocenters. The van der Waals surface area contributed by atoms with E-state index in [2.05, 4.69) is 15.4 Å². The van der Waals surface area contributed by atoms with Gasteiger partial charge >= 0.3 is 5.69 Å². The lowest BCUT2D eigenvalue weighted by Gasteiger charge is -2.13. The van der Waals surface area contributed by atoms with E-state index in [1.807, 2.05) is 0 Å². The summed E-state index contributed by atoms with van der Waals surface area (Å²) in [5.41, 5.74) is -0.432. The molecule has 0 saturated heterocycles. The molecule has 3 heterocycles. The van der Waals surface area contributed by atoms with Crippen molar-refractivity contribution in [3.63, 3.8) is 0 Å². The largest absolute Gasteiger partial charge is 0.454 e. The highest BCUT2D eigenvalue weighted by molar-refractivity contribution is 6.03. The number of hydrogen-bond acceptors (Lipinski definition) is 6. The van der Waals surface area contributed by atoms with Crippen LogP contribution < -0.4 is 21.3 Å². The first kappa shape index (κ1) is 26.2. The Balaban J connectivity index is 1.39. The third-order valence-corrected chi connectivity index (χ3v) is 5.98. The van der Waals surface area contributed by atoms with E-state index in [-0.39, 0.29) is 29.2 Å². The molecule has 0 aliphatic heterocycles. The quantitative estimate of drug-likeness (QED) is 0.330. The van der Waals surface area contributed by atoms with Crippen molar-refractivity contribution in [1.82, 2.24) is 23.9 Å². The van der Waals surface area contributed by atoms with Crippen LogP contribution in [0.3, 0.4) is 0 Å². The van der Waals surface area contributed by atoms with E-state index in [0.717, 1.165) is 34.5 Å². The summed E-state index contributed by atoms with van der Waals surface area (Å²) in [4.78, 5) is 43.2. The zero-order chi connectivity index (χ0) is 28.4. The molecule has 3 aromatic heterocycles. The van der Waals surface area contributed by atoms with Gasteiger partial charge in [0, 0.05) is 55.6 Å². The van der Waals surface area contributed by atoms with Crippen molar-refractivity contribution < 1.29 is 18.3 Å². The number of benzene rings is 2. The Kier molecular flexibility index (Phi) is 7.06. The minimum Gasteiger partial charge on any atom is -0.454 e. The lowest BCUT2D eigenvalue weighted by atomic mass is 10.2. The number of carbonyl (C=O) groups is 1. The summed E-state index contributed by atoms with van der Waals surface area (Å²) in [7, 11) is 1.78. The van der Waals surface area contributed by atoms with Crippen LogP contribution in [0.4, 0.5) is 14.5 Å². The molecule has 10 nitrogen and oxygen atoms in total. The molecule has 0 saturated carbocycles. The lowest BCUT2D eigenvalue weighted by molar-refractivity contribution is 0.102. The molecule has 2 aromatic carbocycles. The monoisotopic (exact) mass is 544 g/mol. The summed E-state index contributed by atoms with van der Waals surface area (Å²) >= 11 is 0. The molecule has 12 heteroatoms. The van der Waals surface area contributed by atoms with Crippen LogP contribution >= 0.6 is 0 Å². The topological polar surface area (TPSA) is 113 Å². The van der Waals surface area contributed by atoms with Crippen molar-refractivity contribution in [2.24, 2.45) is 7.05 Å². The smallest absolute Gasteiger partial charge is 0.335 e. The minimum atomic E-state index is -0.902. The molecule has 5 aromatic rings. The maximum atomic E-state index is 14.9. The first-order chi connectivity index (χ1) is 19.2. The number of carbonyl (C=O) groups excluding carboxylic acids is 1. The molecule has 40 heavy (non-hydrogen) atoms. The second kappa shape index (κ2) is 10.8. The van der Waals surface area contributed by atoms with Gasteiger partial charge in [-0.15, -0.1) is 0 Å². The zero-order valence-corrected chi connectivity index (χ0v) is 21.3. The molecule has 202 valence electrons. The highest BCUT2D eigenvalue weighted by atomic mass is 19.1. The van der Waals surface area contributed by atoms with Gasteiger partial charge < -0.3 is 10.1 Å². The third kappa shape index (κ3) is 5.27. The van der Waals surface area contributed by atoms with Crippen molar-refractivity contribution >= 4 is 11.6 Å². The van der Waals surface area contributed by atoms with Crippen molar-refractivity contribution in [2.75, 3.05) is 5.32 Å². The average Bonchev–Trinajstić information content (AvgIpc) is 3.38. The first-order valence-electron chi connectivity index (χ1n) is 12.1. The van der Waals surface area contributed by atoms with Gasteiger partial charge in [-0.25, -0.2) is 18.1 Å². The van der Waals surface area contributed by atoms with Crippen LogP contribution in [0.1, 0.15) is 17.3 Å². The molecule has 0 spiro atoms. The number of aromatic nitrogens is 5. The highest BCUT2D eigenvalue weighted by Crippen LogP contribution is 2.29. The summed E-state index contributed by atoms with van der Waals surface area (Å²) < 4.78 is 37.6. The van der Waals surface area contributed by atoms with Gasteiger partial charge in [-0.2, -0.15) is 5.10 Å². The Labute approximate surface area is 225 Å². The van der Waals surface area contributed by atoms with E-state index in [1.165, 1.54) is 35.0 Å². The van der Waals surface area contributed by atoms with Crippen LogP contribution in [0, 0.1) is 11.6 Å². The van der Waals surface area contributed by atoms with E-state index in [4.69, 9.17) is 4.74 Å². The van der Waals surface area contributed by atoms with Gasteiger partial charge in [0.25, 0.3) is 11.5 Å². The van der Waals surface area contributed by atoms with E-state index < -0.39 is 28.8 Å². The number of anilines is 1. The molecule has 5 rings (SSSR count). The zero-order valence-electron chi connectivity index (χ0n) is 21.3. The SMILES string of the molecule is CCn1cc(C(=O)Nc2ccc(Oc3ccnc(-c4cnn(C)c4)c3)c(F)c2)c(=O)n(-c2ccc(F)cc2)c1=O. The van der Waals surface area contributed by atoms with Crippen LogP contribution in [0.2, 0.25) is 0 Å². The molecule has 0 aliphatic carbocycles. The number of nitrogens with zero attached hydrogens (tertiary/aromatic N) is 5. The summed E-state index contributed by atoms with van der Waals surface area (Å²) in [6.45, 7) is 1.83. The Hall–Kier alpha value is -5.39. The normalized spacial score (nSPS) is 10.9. The lowest BCUT2D eigenvalue weighted by Crippen LogP contribution is -2.42. The Morgan fingerprint density at radius 2 is 1.80 bits per heavy atom. The number of halogens is 2. The highest BCUT2D eigenvalue weighted by Gasteiger charge is 2.19. The predicted octanol–water partition coefficient (Wildman–Crippen LogP) is 4.14. The number of amides is 1. The van der Waals surface area contributed by atoms with Crippen LogP contribution in [-0.4, -0.2) is 29.8 Å². The van der Waals surface area contributed by atoms with Gasteiger partial charge in [0.1, 0.15) is 17.1 Å². The van der Waals surface area contributed by atoms with Crippen molar-refractivity contribution in [3.05, 3.63) is 117 Å². The first-order valence-corrected chi connectivity index (χ1v) is 12.1. The maximum Gasteiger partial charge on any atom is 0.335 e. The fourth-order valence-electron chi connectivity index (χ4n) is 3.97. The number of hydrogen-bond donors (Lipinski definition) is 1. The Bertz CT molecular complexity index is 1840. The molecule has 0 unspecified atom stereocenters. The average molecular weight is 545 g/mol. The number of nitrogens with one attached hydrogen (secondary N) is 1. The van der Waals surface area contributed by atoms with Gasteiger partial charge in [-0.3, -0.25) is 23.8 Å². The standard InChI is InChI=1S/C28H22F2N6O4/c1-3-35-16-22(27(38)36(28(35)39)20-7-4-18(29)5-8-20)26(37)33-19-6-9-25(23(30)12-19)40-21-10-11-31-24(13-21)17-14-32-34(2)15-17/h4-16H,3H2,1-2H3,(H,33,37). The number of aryl methyl sites for hydroxylation is 2. The molecule has 0 fully saturated rings. The fraction of sp³-hybridized carbons (Fsp3) is 0.107. The predicted molar refractivity (Wildman–Crippen MR) is 143 cm³/mol. The maximum absolute atomic E-state index is 14.9. The van der Waals surface area contributed by atoms with Gasteiger partial charge in [0.15, 0.2) is 11.6 Å². The van der Waals surface area contributed by atoms with Gasteiger partial charge in [-0.05, 0) is 49.4 Å². The molecule has 0 bridgehead atoms. The van der Waals surface area contributed by atoms with Crippen molar-refractivity contribution in [3.8, 4) is 28.4 Å². The third-order valence-electron chi connectivity index (χ3n) is 5.98. The minimum absolute atomic E-state index is 0.0580. The van der Waals surface area contributed by atoms with Crippen LogP contribution in [0.25, 0.3) is 16.9 Å². The Morgan fingerprint density at radius 3 is 2.48 bits per heavy atom. The van der Waals surface area contributed by atoms with E-state index in [0.29, 0.717) is 11.4 Å². The molecular formula is C28H22F2N6O4. The van der Waals surface area contributed by atoms with Crippen LogP contribution in [0.15, 0.2) is 89.0 Å². The molecular weight excluding hydrogens is 522 g/mol. The van der Waals surface area contributed by atoms with Crippen molar-refractivity contribution in [1.29, 1.82) is 0 Å². The number of ether oxygens (including phenoxy) is 1. The summed E-state index contributed by atoms with van der Waals surface area (Å²) in [6.07, 6.45) is 6.09. The number of rotatable bonds is 7. The summed E-state index contributed by atoms with van der Waals surface area (Å²) in [6, 6.07) is 11.7. The second-order valence-corrected chi connectivity index (χ2v) is 8.71. The van der Waals surface area contributed by atoms with Crippen molar-refractivity contribution in [2.45, 2.75) is 13.5 Å². The molecule has 0 radical (unpaired) electrons. The van der Waals surface area contributed by atoms with E-state index >= 15 is 0 Å². The van der Waals surface area contributed by atoms with Crippen LogP contribution in [-0.2, 0) is 13.6 Å². The second-order valence-electron chi connectivity index (χ2n) is 8.71. The van der Waals surface area contributed by atoms with Gasteiger partial charge in [0.2, 0.25) is 0 Å². The fourth-order valence-corrected chi connectivity index (χ4v) is 3.97. The molecule has 1 N–H and O–H groups in total. The van der Waals surface area contributed by atoms with Gasteiger partial charge in [-0.1, -0.05) is 0 Å².